The summed E-state index contributed by atoms with van der Waals surface area (Å²) in [6, 6.07) is 1.93. The normalized spacial score (nSPS) is 12.6. The van der Waals surface area contributed by atoms with Gasteiger partial charge in [0.05, 0.1) is 6.20 Å². The summed E-state index contributed by atoms with van der Waals surface area (Å²) < 4.78 is 1.69. The van der Waals surface area contributed by atoms with Crippen molar-refractivity contribution in [3.8, 4) is 0 Å². The lowest BCUT2D eigenvalue weighted by Gasteiger charge is -2.15. The van der Waals surface area contributed by atoms with Gasteiger partial charge in [0.1, 0.15) is 5.56 Å². The molecule has 0 aliphatic rings. The molecule has 0 fully saturated rings. The molecule has 2 rings (SSSR count). The van der Waals surface area contributed by atoms with Crippen molar-refractivity contribution in [1.29, 1.82) is 0 Å². The van der Waals surface area contributed by atoms with E-state index in [2.05, 4.69) is 22.3 Å². The number of nitrogens with one attached hydrogen (secondary N) is 1. The summed E-state index contributed by atoms with van der Waals surface area (Å²) in [6.45, 7) is 6.42. The maximum absolute atomic E-state index is 12.4. The van der Waals surface area contributed by atoms with Gasteiger partial charge < -0.3 is 11.1 Å². The number of nitrogens with two attached hydrogens (primary N) is 1. The summed E-state index contributed by atoms with van der Waals surface area (Å²) in [5.74, 6) is -0.158. The molecule has 1 atom stereocenters. The van der Waals surface area contributed by atoms with E-state index in [1.807, 2.05) is 19.9 Å². The average Bonchev–Trinajstić information content (AvgIpc) is 2.87. The van der Waals surface area contributed by atoms with Gasteiger partial charge in [-0.3, -0.25) is 4.79 Å². The van der Waals surface area contributed by atoms with Crippen LogP contribution in [-0.2, 0) is 0 Å². The quantitative estimate of drug-likeness (QED) is 0.845. The van der Waals surface area contributed by atoms with Gasteiger partial charge in [-0.2, -0.15) is 5.10 Å². The Labute approximate surface area is 124 Å². The maximum atomic E-state index is 12.4. The molecule has 1 unspecified atom stereocenters. The van der Waals surface area contributed by atoms with Crippen LogP contribution in [0.25, 0.3) is 5.65 Å². The number of hydrogen-bond acceptors (Lipinski definition) is 4. The highest BCUT2D eigenvalue weighted by atomic mass is 16.1. The average molecular weight is 289 g/mol. The third-order valence-electron chi connectivity index (χ3n) is 3.55. The molecule has 0 saturated carbocycles. The number of unbranched alkanes of at least 4 members (excludes halogenated alkanes) is 1. The first-order valence-electron chi connectivity index (χ1n) is 7.39. The van der Waals surface area contributed by atoms with E-state index in [9.17, 15) is 4.79 Å². The molecule has 1 amide bonds. The van der Waals surface area contributed by atoms with Gasteiger partial charge in [-0.1, -0.05) is 19.8 Å². The van der Waals surface area contributed by atoms with Crippen molar-refractivity contribution >= 4 is 11.6 Å². The minimum absolute atomic E-state index is 0.00157. The Bertz CT molecular complexity index is 634. The molecule has 2 aromatic rings. The van der Waals surface area contributed by atoms with Crippen molar-refractivity contribution in [3.05, 3.63) is 29.2 Å². The number of aromatic nitrogens is 3. The van der Waals surface area contributed by atoms with Crippen molar-refractivity contribution in [2.75, 3.05) is 6.54 Å². The van der Waals surface area contributed by atoms with Crippen molar-refractivity contribution in [3.63, 3.8) is 0 Å². The number of carbonyl (C=O) groups is 1. The summed E-state index contributed by atoms with van der Waals surface area (Å²) in [5, 5.41) is 7.22. The van der Waals surface area contributed by atoms with Gasteiger partial charge in [-0.05, 0) is 26.3 Å². The molecule has 0 aliphatic carbocycles. The molecule has 2 heterocycles. The fourth-order valence-electron chi connectivity index (χ4n) is 2.39. The summed E-state index contributed by atoms with van der Waals surface area (Å²) in [7, 11) is 0. The zero-order valence-electron chi connectivity index (χ0n) is 12.9. The predicted molar refractivity (Wildman–Crippen MR) is 82.3 cm³/mol. The smallest absolute Gasteiger partial charge is 0.257 e. The first-order chi connectivity index (χ1) is 10.1. The van der Waals surface area contributed by atoms with E-state index < -0.39 is 0 Å². The zero-order chi connectivity index (χ0) is 15.4. The Morgan fingerprint density at radius 3 is 2.90 bits per heavy atom. The Hall–Kier alpha value is -1.95. The van der Waals surface area contributed by atoms with E-state index in [4.69, 9.17) is 5.73 Å². The minimum atomic E-state index is -0.158. The van der Waals surface area contributed by atoms with Crippen LogP contribution in [0.15, 0.2) is 12.3 Å². The lowest BCUT2D eigenvalue weighted by Crippen LogP contribution is -2.40. The largest absolute Gasteiger partial charge is 0.348 e. The van der Waals surface area contributed by atoms with E-state index >= 15 is 0 Å². The van der Waals surface area contributed by atoms with Crippen LogP contribution in [-0.4, -0.2) is 33.1 Å². The molecular weight excluding hydrogens is 266 g/mol. The highest BCUT2D eigenvalue weighted by Crippen LogP contribution is 2.12. The van der Waals surface area contributed by atoms with Gasteiger partial charge in [0.15, 0.2) is 5.65 Å². The molecule has 2 aromatic heterocycles. The van der Waals surface area contributed by atoms with E-state index in [0.717, 1.165) is 30.7 Å². The molecule has 6 heteroatoms. The van der Waals surface area contributed by atoms with Gasteiger partial charge in [0.25, 0.3) is 5.91 Å². The van der Waals surface area contributed by atoms with E-state index in [1.165, 1.54) is 0 Å². The van der Waals surface area contributed by atoms with Crippen molar-refractivity contribution in [2.24, 2.45) is 5.73 Å². The number of carbonyl (C=O) groups excluding carboxylic acids is 1. The summed E-state index contributed by atoms with van der Waals surface area (Å²) >= 11 is 0. The molecule has 6 nitrogen and oxygen atoms in total. The molecule has 0 saturated heterocycles. The Balaban J connectivity index is 2.23. The fourth-order valence-corrected chi connectivity index (χ4v) is 2.39. The second-order valence-electron chi connectivity index (χ2n) is 5.38. The van der Waals surface area contributed by atoms with E-state index in [0.29, 0.717) is 17.8 Å². The van der Waals surface area contributed by atoms with Gasteiger partial charge in [0.2, 0.25) is 0 Å². The molecule has 0 aliphatic heterocycles. The second-order valence-corrected chi connectivity index (χ2v) is 5.38. The molecule has 21 heavy (non-hydrogen) atoms. The van der Waals surface area contributed by atoms with Crippen molar-refractivity contribution < 1.29 is 4.79 Å². The number of aryl methyl sites for hydroxylation is 2. The predicted octanol–water partition coefficient (Wildman–Crippen LogP) is 1.59. The fraction of sp³-hybridized carbons (Fsp3) is 0.533. The maximum Gasteiger partial charge on any atom is 0.257 e. The minimum Gasteiger partial charge on any atom is -0.348 e. The summed E-state index contributed by atoms with van der Waals surface area (Å²) in [5.41, 5.74) is 8.64. The number of rotatable bonds is 6. The topological polar surface area (TPSA) is 85.3 Å². The van der Waals surface area contributed by atoms with Crippen LogP contribution >= 0.6 is 0 Å². The summed E-state index contributed by atoms with van der Waals surface area (Å²) in [6.07, 6.45) is 4.59. The first-order valence-corrected chi connectivity index (χ1v) is 7.39. The van der Waals surface area contributed by atoms with Crippen LogP contribution in [0, 0.1) is 13.8 Å². The second kappa shape index (κ2) is 6.67. The standard InChI is InChI=1S/C15H23N5O/c1-4-5-6-12(8-16)19-15(21)13-9-17-20-11(3)7-10(2)18-14(13)20/h7,9,12H,4-6,8,16H2,1-3H3,(H,19,21). The third kappa shape index (κ3) is 3.39. The van der Waals surface area contributed by atoms with E-state index in [1.54, 1.807) is 10.7 Å². The molecule has 3 N–H and O–H groups in total. The highest BCUT2D eigenvalue weighted by molar-refractivity contribution is 5.99. The molecule has 0 spiro atoms. The molecule has 0 radical (unpaired) electrons. The molecule has 0 bridgehead atoms. The first kappa shape index (κ1) is 15.4. The number of fused-ring (bicyclic) bond motifs is 1. The Morgan fingerprint density at radius 2 is 2.24 bits per heavy atom. The SMILES string of the molecule is CCCCC(CN)NC(=O)c1cnn2c(C)cc(C)nc12. The van der Waals surface area contributed by atoms with Crippen LogP contribution in [0.2, 0.25) is 0 Å². The molecule has 0 aromatic carbocycles. The Kier molecular flexibility index (Phi) is 4.90. The lowest BCUT2D eigenvalue weighted by molar-refractivity contribution is 0.0937. The summed E-state index contributed by atoms with van der Waals surface area (Å²) in [4.78, 5) is 16.8. The van der Waals surface area contributed by atoms with Crippen LogP contribution in [0.4, 0.5) is 0 Å². The van der Waals surface area contributed by atoms with Gasteiger partial charge >= 0.3 is 0 Å². The number of amides is 1. The highest BCUT2D eigenvalue weighted by Gasteiger charge is 2.18. The zero-order valence-corrected chi connectivity index (χ0v) is 12.9. The van der Waals surface area contributed by atoms with Crippen molar-refractivity contribution in [1.82, 2.24) is 19.9 Å². The number of hydrogen-bond donors (Lipinski definition) is 2. The lowest BCUT2D eigenvalue weighted by atomic mass is 10.1. The van der Waals surface area contributed by atoms with Crippen LogP contribution in [0.1, 0.15) is 47.9 Å². The third-order valence-corrected chi connectivity index (χ3v) is 3.55. The van der Waals surface area contributed by atoms with Gasteiger partial charge in [0, 0.05) is 24.0 Å². The van der Waals surface area contributed by atoms with Gasteiger partial charge in [-0.25, -0.2) is 9.50 Å². The van der Waals surface area contributed by atoms with E-state index in [-0.39, 0.29) is 11.9 Å². The monoisotopic (exact) mass is 289 g/mol. The van der Waals surface area contributed by atoms with Crippen LogP contribution < -0.4 is 11.1 Å². The van der Waals surface area contributed by atoms with Crippen LogP contribution in [0.5, 0.6) is 0 Å². The van der Waals surface area contributed by atoms with Gasteiger partial charge in [-0.15, -0.1) is 0 Å². The van der Waals surface area contributed by atoms with Crippen molar-refractivity contribution in [2.45, 2.75) is 46.1 Å². The van der Waals surface area contributed by atoms with Crippen LogP contribution in [0.3, 0.4) is 0 Å². The Morgan fingerprint density at radius 1 is 1.48 bits per heavy atom. The molecule has 114 valence electrons. The molecular formula is C15H23N5O. The number of nitrogens with zero attached hydrogens (tertiary/aromatic N) is 3.